The molecule has 0 saturated heterocycles. The summed E-state index contributed by atoms with van der Waals surface area (Å²) in [5.41, 5.74) is 2.04. The highest BCUT2D eigenvalue weighted by atomic mass is 32.1. The first kappa shape index (κ1) is 14.2. The van der Waals surface area contributed by atoms with E-state index in [0.29, 0.717) is 6.54 Å². The lowest BCUT2D eigenvalue weighted by Gasteiger charge is -2.28. The summed E-state index contributed by atoms with van der Waals surface area (Å²) < 4.78 is 1.90. The van der Waals surface area contributed by atoms with Gasteiger partial charge in [0, 0.05) is 24.2 Å². The third-order valence-corrected chi connectivity index (χ3v) is 5.19. The molecular formula is C16H17N5OS. The van der Waals surface area contributed by atoms with Crippen LogP contribution in [0.2, 0.25) is 0 Å². The number of nitrogens with zero attached hydrogens (tertiary/aromatic N) is 4. The predicted molar refractivity (Wildman–Crippen MR) is 88.4 cm³/mol. The standard InChI is InChI=1S/C16H17N5OS/c1-11(15-19-18-14-4-2-3-7-21(14)15)17-16(22)20-8-5-13-12(10-20)6-9-23-13/h2-4,6-7,9,11H,5,8,10H2,1H3,(H,17,22). The molecule has 6 nitrogen and oxygen atoms in total. The minimum atomic E-state index is -0.205. The zero-order chi connectivity index (χ0) is 15.8. The third kappa shape index (κ3) is 2.57. The fourth-order valence-electron chi connectivity index (χ4n) is 2.92. The number of carbonyl (C=O) groups is 1. The molecule has 1 unspecified atom stereocenters. The van der Waals surface area contributed by atoms with Gasteiger partial charge in [0.05, 0.1) is 6.04 Å². The topological polar surface area (TPSA) is 62.5 Å². The molecule has 0 radical (unpaired) electrons. The van der Waals surface area contributed by atoms with Crippen LogP contribution in [0.5, 0.6) is 0 Å². The lowest BCUT2D eigenvalue weighted by atomic mass is 10.1. The van der Waals surface area contributed by atoms with Crippen molar-refractivity contribution in [1.82, 2.24) is 24.8 Å². The molecule has 3 aromatic rings. The molecule has 0 saturated carbocycles. The summed E-state index contributed by atoms with van der Waals surface area (Å²) in [6.45, 7) is 3.37. The highest BCUT2D eigenvalue weighted by Crippen LogP contribution is 2.24. The summed E-state index contributed by atoms with van der Waals surface area (Å²) in [6, 6.07) is 7.59. The van der Waals surface area contributed by atoms with Crippen LogP contribution in [0.1, 0.15) is 29.2 Å². The van der Waals surface area contributed by atoms with Gasteiger partial charge in [-0.25, -0.2) is 4.79 Å². The van der Waals surface area contributed by atoms with Crippen molar-refractivity contribution in [3.63, 3.8) is 0 Å². The second kappa shape index (κ2) is 5.66. The van der Waals surface area contributed by atoms with E-state index in [1.54, 1.807) is 11.3 Å². The molecule has 118 valence electrons. The lowest BCUT2D eigenvalue weighted by Crippen LogP contribution is -2.43. The largest absolute Gasteiger partial charge is 0.328 e. The number of hydrogen-bond donors (Lipinski definition) is 1. The van der Waals surface area contributed by atoms with Crippen molar-refractivity contribution < 1.29 is 4.79 Å². The van der Waals surface area contributed by atoms with Gasteiger partial charge >= 0.3 is 6.03 Å². The quantitative estimate of drug-likeness (QED) is 0.787. The SMILES string of the molecule is CC(NC(=O)N1CCc2sccc2C1)c1nnc2ccccn12. The van der Waals surface area contributed by atoms with E-state index >= 15 is 0 Å². The van der Waals surface area contributed by atoms with Gasteiger partial charge in [-0.05, 0) is 42.5 Å². The molecule has 2 amide bonds. The van der Waals surface area contributed by atoms with Crippen LogP contribution in [0.25, 0.3) is 5.65 Å². The molecule has 4 heterocycles. The highest BCUT2D eigenvalue weighted by Gasteiger charge is 2.24. The van der Waals surface area contributed by atoms with E-state index in [1.807, 2.05) is 40.6 Å². The Morgan fingerprint density at radius 1 is 1.35 bits per heavy atom. The molecule has 0 spiro atoms. The Morgan fingerprint density at radius 2 is 2.26 bits per heavy atom. The van der Waals surface area contributed by atoms with Crippen LogP contribution in [-0.2, 0) is 13.0 Å². The molecule has 1 atom stereocenters. The maximum absolute atomic E-state index is 12.5. The van der Waals surface area contributed by atoms with Crippen LogP contribution in [0.15, 0.2) is 35.8 Å². The molecule has 23 heavy (non-hydrogen) atoms. The Kier molecular flexibility index (Phi) is 3.49. The summed E-state index contributed by atoms with van der Waals surface area (Å²) in [6.07, 6.45) is 2.84. The average molecular weight is 327 g/mol. The van der Waals surface area contributed by atoms with Crippen molar-refractivity contribution in [3.05, 3.63) is 52.1 Å². The monoisotopic (exact) mass is 327 g/mol. The Hall–Kier alpha value is -2.41. The fraction of sp³-hybridized carbons (Fsp3) is 0.312. The van der Waals surface area contributed by atoms with Gasteiger partial charge in [-0.15, -0.1) is 21.5 Å². The van der Waals surface area contributed by atoms with E-state index < -0.39 is 0 Å². The van der Waals surface area contributed by atoms with Crippen molar-refractivity contribution in [1.29, 1.82) is 0 Å². The van der Waals surface area contributed by atoms with Crippen molar-refractivity contribution in [3.8, 4) is 0 Å². The number of pyridine rings is 1. The van der Waals surface area contributed by atoms with Crippen molar-refractivity contribution >= 4 is 23.0 Å². The smallest absolute Gasteiger partial charge is 0.318 e. The molecule has 0 fully saturated rings. The summed E-state index contributed by atoms with van der Waals surface area (Å²) in [5.74, 6) is 0.738. The Balaban J connectivity index is 1.48. The second-order valence-electron chi connectivity index (χ2n) is 5.70. The number of thiophene rings is 1. The normalized spacial score (nSPS) is 15.4. The zero-order valence-corrected chi connectivity index (χ0v) is 13.6. The van der Waals surface area contributed by atoms with Crippen LogP contribution < -0.4 is 5.32 Å². The van der Waals surface area contributed by atoms with Crippen molar-refractivity contribution in [2.45, 2.75) is 25.9 Å². The maximum Gasteiger partial charge on any atom is 0.318 e. The summed E-state index contributed by atoms with van der Waals surface area (Å²) in [5, 5.41) is 13.5. The second-order valence-corrected chi connectivity index (χ2v) is 6.70. The molecule has 0 bridgehead atoms. The van der Waals surface area contributed by atoms with Gasteiger partial charge in [0.25, 0.3) is 0 Å². The van der Waals surface area contributed by atoms with Gasteiger partial charge in [0.2, 0.25) is 0 Å². The van der Waals surface area contributed by atoms with Gasteiger partial charge < -0.3 is 10.2 Å². The molecule has 1 aliphatic heterocycles. The number of urea groups is 1. The molecule has 3 aromatic heterocycles. The van der Waals surface area contributed by atoms with E-state index in [2.05, 4.69) is 27.0 Å². The molecule has 4 rings (SSSR count). The number of nitrogens with one attached hydrogen (secondary N) is 1. The van der Waals surface area contributed by atoms with E-state index in [-0.39, 0.29) is 12.1 Å². The average Bonchev–Trinajstić information content (AvgIpc) is 3.20. The van der Waals surface area contributed by atoms with Crippen LogP contribution >= 0.6 is 11.3 Å². The predicted octanol–water partition coefficient (Wildman–Crippen LogP) is 2.62. The summed E-state index contributed by atoms with van der Waals surface area (Å²) >= 11 is 1.77. The number of fused-ring (bicyclic) bond motifs is 2. The molecule has 0 aliphatic carbocycles. The maximum atomic E-state index is 12.5. The number of hydrogen-bond acceptors (Lipinski definition) is 4. The van der Waals surface area contributed by atoms with Crippen molar-refractivity contribution in [2.75, 3.05) is 6.54 Å². The van der Waals surface area contributed by atoms with Gasteiger partial charge in [0.15, 0.2) is 11.5 Å². The van der Waals surface area contributed by atoms with Crippen molar-refractivity contribution in [2.24, 2.45) is 0 Å². The summed E-state index contributed by atoms with van der Waals surface area (Å²) in [7, 11) is 0. The van der Waals surface area contributed by atoms with Crippen LogP contribution in [-0.4, -0.2) is 32.1 Å². The number of amides is 2. The zero-order valence-electron chi connectivity index (χ0n) is 12.8. The van der Waals surface area contributed by atoms with Gasteiger partial charge in [-0.2, -0.15) is 0 Å². The highest BCUT2D eigenvalue weighted by molar-refractivity contribution is 7.10. The van der Waals surface area contributed by atoms with Crippen LogP contribution in [0.4, 0.5) is 4.79 Å². The third-order valence-electron chi connectivity index (χ3n) is 4.16. The minimum absolute atomic E-state index is 0.0537. The lowest BCUT2D eigenvalue weighted by molar-refractivity contribution is 0.189. The Morgan fingerprint density at radius 3 is 3.17 bits per heavy atom. The van der Waals surface area contributed by atoms with E-state index in [0.717, 1.165) is 24.4 Å². The summed E-state index contributed by atoms with van der Waals surface area (Å²) in [4.78, 5) is 15.8. The molecule has 0 aromatic carbocycles. The molecule has 7 heteroatoms. The van der Waals surface area contributed by atoms with E-state index in [4.69, 9.17) is 0 Å². The van der Waals surface area contributed by atoms with Gasteiger partial charge in [-0.1, -0.05) is 6.07 Å². The molecular weight excluding hydrogens is 310 g/mol. The number of aromatic nitrogens is 3. The van der Waals surface area contributed by atoms with E-state index in [1.165, 1.54) is 10.4 Å². The number of carbonyl (C=O) groups excluding carboxylic acids is 1. The molecule has 1 N–H and O–H groups in total. The minimum Gasteiger partial charge on any atom is -0.328 e. The van der Waals surface area contributed by atoms with E-state index in [9.17, 15) is 4.79 Å². The first-order valence-corrected chi connectivity index (χ1v) is 8.50. The van der Waals surface area contributed by atoms with Gasteiger partial charge in [0.1, 0.15) is 0 Å². The van der Waals surface area contributed by atoms with Gasteiger partial charge in [-0.3, -0.25) is 4.40 Å². The van der Waals surface area contributed by atoms with Crippen LogP contribution in [0, 0.1) is 0 Å². The first-order chi connectivity index (χ1) is 11.2. The Bertz CT molecular complexity index is 855. The number of rotatable bonds is 2. The van der Waals surface area contributed by atoms with Crippen LogP contribution in [0.3, 0.4) is 0 Å². The fourth-order valence-corrected chi connectivity index (χ4v) is 3.81. The molecule has 1 aliphatic rings. The first-order valence-electron chi connectivity index (χ1n) is 7.63. The Labute approximate surface area is 137 Å².